The van der Waals surface area contributed by atoms with Crippen molar-refractivity contribution in [2.24, 2.45) is 0 Å². The van der Waals surface area contributed by atoms with E-state index in [0.29, 0.717) is 13.2 Å². The van der Waals surface area contributed by atoms with Gasteiger partial charge in [0.25, 0.3) is 0 Å². The molecule has 0 aliphatic carbocycles. The first kappa shape index (κ1) is 13.4. The molecule has 0 aliphatic rings. The largest absolute Gasteiger partial charge is 0.376 e. The molecule has 90 valence electrons. The van der Waals surface area contributed by atoms with Gasteiger partial charge in [0.1, 0.15) is 0 Å². The Bertz CT molecular complexity index is 331. The number of ether oxygens (including phenoxy) is 1. The third kappa shape index (κ3) is 4.45. The number of hydrogen-bond acceptors (Lipinski definition) is 4. The van der Waals surface area contributed by atoms with Crippen molar-refractivity contribution in [1.82, 2.24) is 0 Å². The van der Waals surface area contributed by atoms with E-state index in [1.54, 1.807) is 0 Å². The molecule has 0 radical (unpaired) electrons. The fourth-order valence-corrected chi connectivity index (χ4v) is 2.06. The van der Waals surface area contributed by atoms with E-state index >= 15 is 0 Å². The smallest absolute Gasteiger partial charge is 0.332 e. The van der Waals surface area contributed by atoms with Crippen molar-refractivity contribution in [3.8, 4) is 0 Å². The summed E-state index contributed by atoms with van der Waals surface area (Å²) in [5, 5.41) is 0. The maximum atomic E-state index is 11.6. The molecular weight excluding hydrogens is 227 g/mol. The van der Waals surface area contributed by atoms with E-state index in [4.69, 9.17) is 13.8 Å². The minimum absolute atomic E-state index is 0.271. The molecule has 4 nitrogen and oxygen atoms in total. The molecule has 0 saturated heterocycles. The topological polar surface area (TPSA) is 44.8 Å². The van der Waals surface area contributed by atoms with E-state index in [0.717, 1.165) is 5.56 Å². The van der Waals surface area contributed by atoms with E-state index < -0.39 is 7.60 Å². The van der Waals surface area contributed by atoms with Gasteiger partial charge >= 0.3 is 7.60 Å². The third-order valence-electron chi connectivity index (χ3n) is 2.18. The molecule has 1 aromatic carbocycles. The van der Waals surface area contributed by atoms with Crippen LogP contribution in [0.2, 0.25) is 0 Å². The van der Waals surface area contributed by atoms with Crippen LogP contribution in [0.15, 0.2) is 30.3 Å². The van der Waals surface area contributed by atoms with Gasteiger partial charge in [0.05, 0.1) is 19.4 Å². The minimum atomic E-state index is -2.93. The average molecular weight is 244 g/mol. The normalized spacial score (nSPS) is 11.6. The van der Waals surface area contributed by atoms with Crippen LogP contribution in [0.3, 0.4) is 0 Å². The summed E-state index contributed by atoms with van der Waals surface area (Å²) >= 11 is 0. The van der Waals surface area contributed by atoms with Gasteiger partial charge in [-0.05, 0) is 5.56 Å². The quantitative estimate of drug-likeness (QED) is 0.546. The lowest BCUT2D eigenvalue weighted by atomic mass is 10.2. The fraction of sp³-hybridized carbons (Fsp3) is 0.455. The molecule has 1 rings (SSSR count). The van der Waals surface area contributed by atoms with Crippen molar-refractivity contribution in [3.63, 3.8) is 0 Å². The lowest BCUT2D eigenvalue weighted by Crippen LogP contribution is -2.03. The van der Waals surface area contributed by atoms with Crippen LogP contribution in [0.5, 0.6) is 0 Å². The molecule has 0 heterocycles. The van der Waals surface area contributed by atoms with Gasteiger partial charge in [-0.1, -0.05) is 30.3 Å². The summed E-state index contributed by atoms with van der Waals surface area (Å²) in [5.41, 5.74) is 1.09. The highest BCUT2D eigenvalue weighted by molar-refractivity contribution is 7.53. The average Bonchev–Trinajstić information content (AvgIpc) is 2.36. The van der Waals surface area contributed by atoms with Crippen LogP contribution < -0.4 is 0 Å². The number of rotatable bonds is 7. The maximum absolute atomic E-state index is 11.6. The Hall–Kier alpha value is -0.670. The molecule has 1 aromatic rings. The summed E-state index contributed by atoms with van der Waals surface area (Å²) in [6.07, 6.45) is 0.271. The second-order valence-corrected chi connectivity index (χ2v) is 5.64. The lowest BCUT2D eigenvalue weighted by molar-refractivity contribution is 0.130. The first-order valence-electron chi connectivity index (χ1n) is 5.02. The zero-order valence-electron chi connectivity index (χ0n) is 9.59. The van der Waals surface area contributed by atoms with Crippen molar-refractivity contribution in [3.05, 3.63) is 35.9 Å². The highest BCUT2D eigenvalue weighted by Gasteiger charge is 2.19. The molecule has 0 atom stereocenters. The lowest BCUT2D eigenvalue weighted by Gasteiger charge is -2.13. The first-order valence-corrected chi connectivity index (χ1v) is 6.75. The predicted molar refractivity (Wildman–Crippen MR) is 62.6 cm³/mol. The van der Waals surface area contributed by atoms with Crippen LogP contribution in [-0.2, 0) is 25.0 Å². The van der Waals surface area contributed by atoms with Gasteiger partial charge in [-0.25, -0.2) is 0 Å². The van der Waals surface area contributed by atoms with Gasteiger partial charge in [-0.2, -0.15) is 0 Å². The fourth-order valence-electron chi connectivity index (χ4n) is 1.20. The Kier molecular flexibility index (Phi) is 5.71. The van der Waals surface area contributed by atoms with E-state index in [-0.39, 0.29) is 6.16 Å². The van der Waals surface area contributed by atoms with Gasteiger partial charge in [0.2, 0.25) is 0 Å². The van der Waals surface area contributed by atoms with Gasteiger partial charge in [-0.15, -0.1) is 0 Å². The summed E-state index contributed by atoms with van der Waals surface area (Å²) in [6.45, 7) is 0.863. The summed E-state index contributed by atoms with van der Waals surface area (Å²) in [7, 11) is -0.174. The molecule has 0 N–H and O–H groups in total. The minimum Gasteiger partial charge on any atom is -0.376 e. The molecule has 0 fully saturated rings. The van der Waals surface area contributed by atoms with Crippen LogP contribution >= 0.6 is 7.60 Å². The predicted octanol–water partition coefficient (Wildman–Crippen LogP) is 2.69. The molecule has 0 unspecified atom stereocenters. The molecular formula is C11H17O4P. The molecule has 0 bridgehead atoms. The second-order valence-electron chi connectivity index (χ2n) is 3.24. The third-order valence-corrected chi connectivity index (χ3v) is 4.02. The Morgan fingerprint density at radius 1 is 1.12 bits per heavy atom. The van der Waals surface area contributed by atoms with Crippen molar-refractivity contribution in [2.75, 3.05) is 27.0 Å². The van der Waals surface area contributed by atoms with Crippen LogP contribution in [0, 0.1) is 0 Å². The summed E-state index contributed by atoms with van der Waals surface area (Å²) in [5.74, 6) is 0. The standard InChI is InChI=1S/C11H17O4P/c1-13-16(12,14-2)9-8-15-10-11-6-4-3-5-7-11/h3-7H,8-10H2,1-2H3. The molecule has 0 spiro atoms. The van der Waals surface area contributed by atoms with Gasteiger partial charge in [0, 0.05) is 14.2 Å². The highest BCUT2D eigenvalue weighted by atomic mass is 31.2. The van der Waals surface area contributed by atoms with Crippen LogP contribution in [0.4, 0.5) is 0 Å². The van der Waals surface area contributed by atoms with E-state index in [2.05, 4.69) is 0 Å². The van der Waals surface area contributed by atoms with Crippen molar-refractivity contribution >= 4 is 7.60 Å². The van der Waals surface area contributed by atoms with Crippen LogP contribution in [0.25, 0.3) is 0 Å². The Balaban J connectivity index is 2.24. The molecule has 5 heteroatoms. The molecule has 0 amide bonds. The van der Waals surface area contributed by atoms with Gasteiger partial charge < -0.3 is 13.8 Å². The Morgan fingerprint density at radius 3 is 2.31 bits per heavy atom. The number of benzene rings is 1. The van der Waals surface area contributed by atoms with Crippen molar-refractivity contribution < 1.29 is 18.3 Å². The Labute approximate surface area is 96.1 Å². The summed E-state index contributed by atoms with van der Waals surface area (Å²) in [4.78, 5) is 0. The summed E-state index contributed by atoms with van der Waals surface area (Å²) in [6, 6.07) is 9.81. The van der Waals surface area contributed by atoms with Crippen LogP contribution in [-0.4, -0.2) is 27.0 Å². The van der Waals surface area contributed by atoms with Crippen molar-refractivity contribution in [1.29, 1.82) is 0 Å². The Morgan fingerprint density at radius 2 is 1.75 bits per heavy atom. The maximum Gasteiger partial charge on any atom is 0.332 e. The molecule has 0 aliphatic heterocycles. The van der Waals surface area contributed by atoms with Gasteiger partial charge in [-0.3, -0.25) is 4.57 Å². The van der Waals surface area contributed by atoms with E-state index in [1.165, 1.54) is 14.2 Å². The molecule has 0 aromatic heterocycles. The number of hydrogen-bond donors (Lipinski definition) is 0. The first-order chi connectivity index (χ1) is 7.70. The van der Waals surface area contributed by atoms with E-state index in [9.17, 15) is 4.57 Å². The second kappa shape index (κ2) is 6.81. The summed E-state index contributed by atoms with van der Waals surface area (Å²) < 4.78 is 26.6. The highest BCUT2D eigenvalue weighted by Crippen LogP contribution is 2.45. The van der Waals surface area contributed by atoms with Crippen molar-refractivity contribution in [2.45, 2.75) is 6.61 Å². The SMILES string of the molecule is COP(=O)(CCOCc1ccccc1)OC. The molecule has 0 saturated carbocycles. The van der Waals surface area contributed by atoms with Gasteiger partial charge in [0.15, 0.2) is 0 Å². The molecule has 16 heavy (non-hydrogen) atoms. The van der Waals surface area contributed by atoms with Crippen LogP contribution in [0.1, 0.15) is 5.56 Å². The van der Waals surface area contributed by atoms with E-state index in [1.807, 2.05) is 30.3 Å². The monoisotopic (exact) mass is 244 g/mol. The zero-order chi connectivity index (χ0) is 11.9. The zero-order valence-corrected chi connectivity index (χ0v) is 10.5.